The smallest absolute Gasteiger partial charge is 0.251 e. The lowest BCUT2D eigenvalue weighted by Gasteiger charge is -1.90. The van der Waals surface area contributed by atoms with E-state index in [1.165, 1.54) is 10.6 Å². The fourth-order valence-corrected chi connectivity index (χ4v) is 3.80. The SMILES string of the molecule is c1cnc2c(c1)C[n+]1c-2sc2nc3cccnn3c21. The summed E-state index contributed by atoms with van der Waals surface area (Å²) in [5, 5.41) is 5.58. The third-order valence-corrected chi connectivity index (χ3v) is 4.53. The first kappa shape index (κ1) is 9.57. The van der Waals surface area contributed by atoms with Gasteiger partial charge in [0.1, 0.15) is 12.2 Å². The second kappa shape index (κ2) is 3.16. The molecule has 0 saturated carbocycles. The summed E-state index contributed by atoms with van der Waals surface area (Å²) in [6, 6.07) is 8.00. The molecule has 1 aliphatic heterocycles. The fraction of sp³-hybridized carbons (Fsp3) is 0.0769. The number of nitrogens with zero attached hydrogens (tertiary/aromatic N) is 5. The summed E-state index contributed by atoms with van der Waals surface area (Å²) < 4.78 is 4.16. The first-order chi connectivity index (χ1) is 9.42. The van der Waals surface area contributed by atoms with E-state index in [4.69, 9.17) is 0 Å². The summed E-state index contributed by atoms with van der Waals surface area (Å²) in [6.45, 7) is 0.850. The molecule has 0 aromatic carbocycles. The highest BCUT2D eigenvalue weighted by Crippen LogP contribution is 2.33. The summed E-state index contributed by atoms with van der Waals surface area (Å²) >= 11 is 1.68. The van der Waals surface area contributed by atoms with Crippen LogP contribution in [-0.2, 0) is 6.54 Å². The quantitative estimate of drug-likeness (QED) is 0.400. The topological polar surface area (TPSA) is 47.0 Å². The first-order valence-electron chi connectivity index (χ1n) is 6.02. The van der Waals surface area contributed by atoms with Gasteiger partial charge in [0.05, 0.1) is 6.20 Å². The van der Waals surface area contributed by atoms with E-state index < -0.39 is 0 Å². The zero-order valence-corrected chi connectivity index (χ0v) is 10.6. The number of imidazole rings is 1. The fourth-order valence-electron chi connectivity index (χ4n) is 2.65. The monoisotopic (exact) mass is 266 g/mol. The number of hydrogen-bond donors (Lipinski definition) is 0. The molecule has 0 fully saturated rings. The Morgan fingerprint density at radius 3 is 3.16 bits per heavy atom. The maximum Gasteiger partial charge on any atom is 0.347 e. The zero-order chi connectivity index (χ0) is 12.4. The average molecular weight is 266 g/mol. The molecule has 4 aromatic rings. The van der Waals surface area contributed by atoms with Gasteiger partial charge in [0.15, 0.2) is 0 Å². The van der Waals surface area contributed by atoms with Crippen LogP contribution in [0.5, 0.6) is 0 Å². The van der Waals surface area contributed by atoms with Crippen molar-refractivity contribution >= 4 is 27.5 Å². The normalized spacial score (nSPS) is 13.1. The van der Waals surface area contributed by atoms with Crippen molar-refractivity contribution < 1.29 is 4.57 Å². The number of hydrogen-bond acceptors (Lipinski definition) is 4. The predicted molar refractivity (Wildman–Crippen MR) is 70.9 cm³/mol. The van der Waals surface area contributed by atoms with E-state index in [-0.39, 0.29) is 0 Å². The van der Waals surface area contributed by atoms with E-state index in [0.29, 0.717) is 0 Å². The largest absolute Gasteiger partial charge is 0.347 e. The highest BCUT2D eigenvalue weighted by Gasteiger charge is 2.33. The third kappa shape index (κ3) is 1.09. The van der Waals surface area contributed by atoms with Crippen molar-refractivity contribution in [2.24, 2.45) is 0 Å². The van der Waals surface area contributed by atoms with Crippen molar-refractivity contribution in [2.45, 2.75) is 6.54 Å². The lowest BCUT2D eigenvalue weighted by Crippen LogP contribution is -2.31. The van der Waals surface area contributed by atoms with Crippen molar-refractivity contribution in [3.05, 3.63) is 42.2 Å². The van der Waals surface area contributed by atoms with Crippen LogP contribution in [0.2, 0.25) is 0 Å². The van der Waals surface area contributed by atoms with Crippen LogP contribution >= 0.6 is 11.3 Å². The Bertz CT molecular complexity index is 952. The van der Waals surface area contributed by atoms with Gasteiger partial charge in [0, 0.05) is 17.8 Å². The van der Waals surface area contributed by atoms with E-state index in [2.05, 4.69) is 25.7 Å². The predicted octanol–water partition coefficient (Wildman–Crippen LogP) is 1.66. The van der Waals surface area contributed by atoms with Crippen molar-refractivity contribution in [3.63, 3.8) is 0 Å². The van der Waals surface area contributed by atoms with Gasteiger partial charge in [0.2, 0.25) is 15.5 Å². The summed E-state index contributed by atoms with van der Waals surface area (Å²) in [4.78, 5) is 10.1. The van der Waals surface area contributed by atoms with Crippen molar-refractivity contribution in [2.75, 3.05) is 0 Å². The summed E-state index contributed by atoms with van der Waals surface area (Å²) in [5.74, 6) is 0. The van der Waals surface area contributed by atoms with Gasteiger partial charge in [-0.05, 0) is 12.1 Å². The van der Waals surface area contributed by atoms with Crippen LogP contribution in [0.15, 0.2) is 36.7 Å². The lowest BCUT2D eigenvalue weighted by atomic mass is 10.2. The second-order valence-electron chi connectivity index (χ2n) is 4.54. The van der Waals surface area contributed by atoms with Crippen LogP contribution in [-0.4, -0.2) is 19.6 Å². The minimum Gasteiger partial charge on any atom is -0.251 e. The second-order valence-corrected chi connectivity index (χ2v) is 5.52. The first-order valence-corrected chi connectivity index (χ1v) is 6.84. The maximum absolute atomic E-state index is 4.62. The number of pyridine rings is 1. The van der Waals surface area contributed by atoms with E-state index in [1.54, 1.807) is 17.5 Å². The molecule has 5 heterocycles. The van der Waals surface area contributed by atoms with Crippen molar-refractivity contribution in [1.82, 2.24) is 19.6 Å². The molecular weight excluding hydrogens is 258 g/mol. The van der Waals surface area contributed by atoms with E-state index in [0.717, 1.165) is 28.4 Å². The standard InChI is InChI=1S/C13H8N5S/c1-3-8-7-17-12-11(19-13(17)10(8)14-5-1)16-9-4-2-6-15-18(9)12/h1-6H,7H2/q+1. The summed E-state index contributed by atoms with van der Waals surface area (Å²) in [6.07, 6.45) is 3.63. The molecule has 1 aliphatic rings. The molecular formula is C13H8N5S+. The average Bonchev–Trinajstić information content (AvgIpc) is 3.05. The maximum atomic E-state index is 4.62. The molecule has 0 spiro atoms. The minimum absolute atomic E-state index is 0.850. The molecule has 5 nitrogen and oxygen atoms in total. The lowest BCUT2D eigenvalue weighted by molar-refractivity contribution is -0.644. The van der Waals surface area contributed by atoms with Crippen LogP contribution in [0.3, 0.4) is 0 Å². The Balaban J connectivity index is 1.94. The van der Waals surface area contributed by atoms with Gasteiger partial charge >= 0.3 is 5.65 Å². The Morgan fingerprint density at radius 2 is 2.16 bits per heavy atom. The highest BCUT2D eigenvalue weighted by molar-refractivity contribution is 7.20. The Labute approximate surface area is 111 Å². The molecule has 0 saturated heterocycles. The van der Waals surface area contributed by atoms with E-state index in [9.17, 15) is 0 Å². The summed E-state index contributed by atoms with van der Waals surface area (Å²) in [7, 11) is 0. The zero-order valence-electron chi connectivity index (χ0n) is 9.82. The van der Waals surface area contributed by atoms with Gasteiger partial charge in [0.25, 0.3) is 0 Å². The van der Waals surface area contributed by atoms with Gasteiger partial charge in [-0.2, -0.15) is 4.98 Å². The van der Waals surface area contributed by atoms with Crippen molar-refractivity contribution in [1.29, 1.82) is 0 Å². The van der Waals surface area contributed by atoms with Crippen LogP contribution in [0.4, 0.5) is 0 Å². The number of rotatable bonds is 0. The van der Waals surface area contributed by atoms with Gasteiger partial charge in [-0.15, -0.1) is 0 Å². The Kier molecular flexibility index (Phi) is 1.59. The molecule has 0 bridgehead atoms. The molecule has 0 atom stereocenters. The van der Waals surface area contributed by atoms with Crippen LogP contribution < -0.4 is 4.57 Å². The summed E-state index contributed by atoms with van der Waals surface area (Å²) in [5.41, 5.74) is 4.30. The molecule has 0 aliphatic carbocycles. The van der Waals surface area contributed by atoms with Crippen LogP contribution in [0.25, 0.3) is 26.8 Å². The van der Waals surface area contributed by atoms with Crippen molar-refractivity contribution in [3.8, 4) is 10.7 Å². The van der Waals surface area contributed by atoms with E-state index >= 15 is 0 Å². The molecule has 0 N–H and O–H groups in total. The van der Waals surface area contributed by atoms with Gasteiger partial charge in [-0.25, -0.2) is 4.57 Å². The minimum atomic E-state index is 0.850. The van der Waals surface area contributed by atoms with Crippen LogP contribution in [0.1, 0.15) is 5.56 Å². The molecule has 19 heavy (non-hydrogen) atoms. The Morgan fingerprint density at radius 1 is 1.21 bits per heavy atom. The van der Waals surface area contributed by atoms with Gasteiger partial charge in [-0.3, -0.25) is 4.98 Å². The van der Waals surface area contributed by atoms with Gasteiger partial charge < -0.3 is 0 Å². The van der Waals surface area contributed by atoms with Crippen LogP contribution in [0, 0.1) is 0 Å². The third-order valence-electron chi connectivity index (χ3n) is 3.45. The number of thiazole rings is 1. The number of fused-ring (bicyclic) bond motifs is 7. The molecule has 0 amide bonds. The molecule has 5 rings (SSSR count). The molecule has 90 valence electrons. The molecule has 4 aromatic heterocycles. The molecule has 0 radical (unpaired) electrons. The van der Waals surface area contributed by atoms with Gasteiger partial charge in [-0.1, -0.05) is 27.0 Å². The highest BCUT2D eigenvalue weighted by atomic mass is 32.1. The number of aromatic nitrogens is 5. The molecule has 0 unspecified atom stereocenters. The Hall–Kier alpha value is -2.34. The molecule has 6 heteroatoms. The van der Waals surface area contributed by atoms with E-state index in [1.807, 2.05) is 28.9 Å².